The number of hydrogen-bond donors (Lipinski definition) is 0. The van der Waals surface area contributed by atoms with Crippen molar-refractivity contribution in [2.24, 2.45) is 10.2 Å². The van der Waals surface area contributed by atoms with Crippen molar-refractivity contribution in [2.45, 2.75) is 13.3 Å². The lowest BCUT2D eigenvalue weighted by atomic mass is 10.3. The summed E-state index contributed by atoms with van der Waals surface area (Å²) in [5, 5.41) is 8.24. The third-order valence-electron chi connectivity index (χ3n) is 3.50. The van der Waals surface area contributed by atoms with Crippen LogP contribution in [0.15, 0.2) is 52.8 Å². The maximum Gasteiger partial charge on any atom is 0.311 e. The van der Waals surface area contributed by atoms with Crippen molar-refractivity contribution >= 4 is 23.1 Å². The number of pyridine rings is 1. The first-order chi connectivity index (χ1) is 11.6. The highest BCUT2D eigenvalue weighted by Crippen LogP contribution is 2.26. The maximum atomic E-state index is 13.3. The average molecular weight is 326 g/mol. The molecule has 0 aliphatic heterocycles. The molecule has 0 saturated carbocycles. The number of nitrogens with zero attached hydrogens (tertiary/aromatic N) is 4. The van der Waals surface area contributed by atoms with Crippen LogP contribution in [0.2, 0.25) is 0 Å². The Morgan fingerprint density at radius 1 is 1.29 bits per heavy atom. The first kappa shape index (κ1) is 15.8. The molecule has 6 nitrogen and oxygen atoms in total. The summed E-state index contributed by atoms with van der Waals surface area (Å²) in [6.07, 6.45) is 1.77. The third-order valence-corrected chi connectivity index (χ3v) is 3.50. The molecule has 0 saturated heterocycles. The highest BCUT2D eigenvalue weighted by molar-refractivity contribution is 5.74. The van der Waals surface area contributed by atoms with Crippen LogP contribution in [0.25, 0.3) is 5.65 Å². The van der Waals surface area contributed by atoms with E-state index in [1.165, 1.54) is 19.2 Å². The predicted octanol–water partition coefficient (Wildman–Crippen LogP) is 3.91. The first-order valence-electron chi connectivity index (χ1n) is 7.29. The lowest BCUT2D eigenvalue weighted by Gasteiger charge is -1.99. The zero-order valence-corrected chi connectivity index (χ0v) is 13.2. The molecule has 24 heavy (non-hydrogen) atoms. The quantitative estimate of drug-likeness (QED) is 0.539. The first-order valence-corrected chi connectivity index (χ1v) is 7.29. The average Bonchev–Trinajstić information content (AvgIpc) is 2.91. The molecular weight excluding hydrogens is 311 g/mol. The van der Waals surface area contributed by atoms with Crippen molar-refractivity contribution < 1.29 is 13.9 Å². The smallest absolute Gasteiger partial charge is 0.311 e. The summed E-state index contributed by atoms with van der Waals surface area (Å²) in [4.78, 5) is 16.1. The summed E-state index contributed by atoms with van der Waals surface area (Å²) in [5.41, 5.74) is 2.46. The number of aromatic nitrogens is 2. The van der Waals surface area contributed by atoms with Crippen molar-refractivity contribution in [1.29, 1.82) is 0 Å². The second-order valence-corrected chi connectivity index (χ2v) is 5.20. The molecule has 122 valence electrons. The molecule has 0 bridgehead atoms. The van der Waals surface area contributed by atoms with Crippen LogP contribution in [0, 0.1) is 12.7 Å². The minimum Gasteiger partial charge on any atom is -0.469 e. The van der Waals surface area contributed by atoms with Gasteiger partial charge in [-0.15, -0.1) is 10.2 Å². The summed E-state index contributed by atoms with van der Waals surface area (Å²) in [5.74, 6) is -0.392. The van der Waals surface area contributed by atoms with Gasteiger partial charge in [0.1, 0.15) is 11.5 Å². The van der Waals surface area contributed by atoms with Crippen LogP contribution >= 0.6 is 0 Å². The van der Waals surface area contributed by atoms with Crippen LogP contribution in [0.1, 0.15) is 11.3 Å². The lowest BCUT2D eigenvalue weighted by molar-refractivity contribution is -0.139. The molecule has 0 amide bonds. The molecule has 0 atom stereocenters. The van der Waals surface area contributed by atoms with Crippen LogP contribution in [0.5, 0.6) is 0 Å². The second kappa shape index (κ2) is 6.57. The number of hydrogen-bond acceptors (Lipinski definition) is 5. The van der Waals surface area contributed by atoms with Gasteiger partial charge in [-0.1, -0.05) is 12.1 Å². The minimum atomic E-state index is -0.418. The number of azo groups is 1. The van der Waals surface area contributed by atoms with Crippen molar-refractivity contribution in [3.05, 3.63) is 59.7 Å². The number of methoxy groups -OCH3 is 1. The highest BCUT2D eigenvalue weighted by Gasteiger charge is 2.16. The Hall–Kier alpha value is -3.09. The molecule has 2 aromatic heterocycles. The van der Waals surface area contributed by atoms with Gasteiger partial charge in [-0.05, 0) is 30.7 Å². The highest BCUT2D eigenvalue weighted by atomic mass is 19.1. The molecule has 7 heteroatoms. The Morgan fingerprint density at radius 2 is 2.12 bits per heavy atom. The second-order valence-electron chi connectivity index (χ2n) is 5.20. The summed E-state index contributed by atoms with van der Waals surface area (Å²) < 4.78 is 19.7. The molecule has 3 aromatic rings. The molecule has 0 unspecified atom stereocenters. The summed E-state index contributed by atoms with van der Waals surface area (Å²) in [6.45, 7) is 1.91. The zero-order valence-electron chi connectivity index (χ0n) is 13.2. The van der Waals surface area contributed by atoms with Crippen LogP contribution in [0.3, 0.4) is 0 Å². The molecule has 0 aliphatic rings. The van der Waals surface area contributed by atoms with E-state index in [1.807, 2.05) is 19.1 Å². The summed E-state index contributed by atoms with van der Waals surface area (Å²) in [7, 11) is 1.32. The van der Waals surface area contributed by atoms with Crippen LogP contribution in [-0.4, -0.2) is 22.5 Å². The monoisotopic (exact) mass is 326 g/mol. The van der Waals surface area contributed by atoms with E-state index in [1.54, 1.807) is 22.7 Å². The molecule has 3 rings (SSSR count). The number of esters is 1. The summed E-state index contributed by atoms with van der Waals surface area (Å²) in [6, 6.07) is 9.57. The molecule has 0 radical (unpaired) electrons. The van der Waals surface area contributed by atoms with E-state index in [-0.39, 0.29) is 6.42 Å². The number of aryl methyl sites for hydroxylation is 1. The van der Waals surface area contributed by atoms with E-state index in [0.717, 1.165) is 5.56 Å². The number of fused-ring (bicyclic) bond motifs is 1. The number of ether oxygens (including phenoxy) is 1. The third kappa shape index (κ3) is 3.15. The number of halogens is 1. The Kier molecular flexibility index (Phi) is 4.33. The van der Waals surface area contributed by atoms with Gasteiger partial charge >= 0.3 is 5.97 Å². The van der Waals surface area contributed by atoms with Gasteiger partial charge < -0.3 is 4.74 Å². The van der Waals surface area contributed by atoms with Gasteiger partial charge in [0.2, 0.25) is 0 Å². The molecule has 0 aliphatic carbocycles. The number of carbonyl (C=O) groups excluding carboxylic acids is 1. The van der Waals surface area contributed by atoms with Crippen LogP contribution < -0.4 is 0 Å². The Morgan fingerprint density at radius 3 is 2.88 bits per heavy atom. The summed E-state index contributed by atoms with van der Waals surface area (Å²) >= 11 is 0. The Balaban J connectivity index is 2.08. The van der Waals surface area contributed by atoms with Crippen LogP contribution in [0.4, 0.5) is 15.9 Å². The molecule has 0 N–H and O–H groups in total. The van der Waals surface area contributed by atoms with Gasteiger partial charge in [0.15, 0.2) is 5.82 Å². The number of carbonyl (C=O) groups is 1. The predicted molar refractivity (Wildman–Crippen MR) is 86.2 cm³/mol. The van der Waals surface area contributed by atoms with Gasteiger partial charge in [-0.25, -0.2) is 9.37 Å². The van der Waals surface area contributed by atoms with Gasteiger partial charge in [-0.2, -0.15) is 0 Å². The van der Waals surface area contributed by atoms with E-state index in [0.29, 0.717) is 22.8 Å². The molecule has 0 spiro atoms. The fraction of sp³-hybridized carbons (Fsp3) is 0.176. The fourth-order valence-electron chi connectivity index (χ4n) is 2.32. The Labute approximate surface area is 137 Å². The van der Waals surface area contributed by atoms with Gasteiger partial charge in [-0.3, -0.25) is 9.20 Å². The van der Waals surface area contributed by atoms with E-state index >= 15 is 0 Å². The fourth-order valence-corrected chi connectivity index (χ4v) is 2.32. The van der Waals surface area contributed by atoms with E-state index < -0.39 is 11.8 Å². The van der Waals surface area contributed by atoms with E-state index in [9.17, 15) is 9.18 Å². The lowest BCUT2D eigenvalue weighted by Crippen LogP contribution is -2.04. The minimum absolute atomic E-state index is 0.0187. The number of benzene rings is 1. The van der Waals surface area contributed by atoms with Crippen molar-refractivity contribution in [2.75, 3.05) is 7.11 Å². The van der Waals surface area contributed by atoms with E-state index in [2.05, 4.69) is 15.2 Å². The van der Waals surface area contributed by atoms with Gasteiger partial charge in [0.25, 0.3) is 0 Å². The topological polar surface area (TPSA) is 68.3 Å². The zero-order chi connectivity index (χ0) is 17.1. The van der Waals surface area contributed by atoms with Crippen LogP contribution in [-0.2, 0) is 16.0 Å². The van der Waals surface area contributed by atoms with E-state index in [4.69, 9.17) is 4.74 Å². The van der Waals surface area contributed by atoms with Crippen molar-refractivity contribution in [1.82, 2.24) is 9.38 Å². The van der Waals surface area contributed by atoms with Gasteiger partial charge in [0.05, 0.1) is 24.9 Å². The number of imidazole rings is 1. The normalized spacial score (nSPS) is 11.3. The Bertz CT molecular complexity index is 933. The molecular formula is C17H15FN4O2. The standard InChI is InChI=1S/C17H15FN4O2/c1-11-5-4-8-22-16(11)19-14(10-15(23)24-2)17(22)21-20-13-7-3-6-12(18)9-13/h3-9H,10H2,1-2H3. The van der Waals surface area contributed by atoms with Gasteiger partial charge in [0, 0.05) is 12.3 Å². The number of rotatable bonds is 4. The maximum absolute atomic E-state index is 13.3. The SMILES string of the molecule is COC(=O)Cc1nc2c(C)cccn2c1N=Nc1cccc(F)c1. The molecule has 2 heterocycles. The molecule has 1 aromatic carbocycles. The largest absolute Gasteiger partial charge is 0.469 e. The van der Waals surface area contributed by atoms with Crippen molar-refractivity contribution in [3.8, 4) is 0 Å². The van der Waals surface area contributed by atoms with Crippen molar-refractivity contribution in [3.63, 3.8) is 0 Å². The molecule has 0 fully saturated rings.